The molecule has 0 fully saturated rings. The van der Waals surface area contributed by atoms with E-state index in [1.807, 2.05) is 32.9 Å². The number of halogens is 1. The molecule has 0 N–H and O–H groups in total. The fraction of sp³-hybridized carbons (Fsp3) is 0.455. The number of benzene rings is 1. The van der Waals surface area contributed by atoms with Gasteiger partial charge in [0.15, 0.2) is 0 Å². The van der Waals surface area contributed by atoms with Crippen molar-refractivity contribution in [1.29, 1.82) is 0 Å². The molecular weight excluding hydrogens is 346 g/mol. The van der Waals surface area contributed by atoms with E-state index in [4.69, 9.17) is 16.3 Å². The van der Waals surface area contributed by atoms with Crippen molar-refractivity contribution in [3.8, 4) is 11.1 Å². The van der Waals surface area contributed by atoms with E-state index in [0.29, 0.717) is 11.6 Å². The Morgan fingerprint density at radius 2 is 1.96 bits per heavy atom. The van der Waals surface area contributed by atoms with Crippen molar-refractivity contribution >= 4 is 17.6 Å². The normalized spacial score (nSPS) is 17.3. The highest BCUT2D eigenvalue weighted by atomic mass is 35.5. The van der Waals surface area contributed by atoms with E-state index < -0.39 is 5.60 Å². The first-order chi connectivity index (χ1) is 12.3. The zero-order valence-corrected chi connectivity index (χ0v) is 16.5. The fourth-order valence-electron chi connectivity index (χ4n) is 3.64. The number of hydrogen-bond donors (Lipinski definition) is 0. The van der Waals surface area contributed by atoms with Crippen LogP contribution in [0.1, 0.15) is 63.5 Å². The Morgan fingerprint density at radius 3 is 2.69 bits per heavy atom. The maximum absolute atomic E-state index is 12.3. The van der Waals surface area contributed by atoms with Crippen molar-refractivity contribution in [1.82, 2.24) is 4.98 Å². The number of hydrogen-bond acceptors (Lipinski definition) is 3. The number of carbonyl (C=O) groups is 1. The molecule has 3 nitrogen and oxygen atoms in total. The summed E-state index contributed by atoms with van der Waals surface area (Å²) in [5.41, 5.74) is 4.40. The van der Waals surface area contributed by atoms with Crippen molar-refractivity contribution < 1.29 is 9.53 Å². The molecule has 0 amide bonds. The predicted molar refractivity (Wildman–Crippen MR) is 105 cm³/mol. The Kier molecular flexibility index (Phi) is 5.67. The van der Waals surface area contributed by atoms with Gasteiger partial charge in [0.2, 0.25) is 0 Å². The van der Waals surface area contributed by atoms with Crippen LogP contribution < -0.4 is 0 Å². The van der Waals surface area contributed by atoms with Crippen molar-refractivity contribution in [2.24, 2.45) is 0 Å². The van der Waals surface area contributed by atoms with E-state index in [9.17, 15) is 4.79 Å². The van der Waals surface area contributed by atoms with E-state index >= 15 is 0 Å². The second-order valence-corrected chi connectivity index (χ2v) is 8.40. The van der Waals surface area contributed by atoms with Crippen molar-refractivity contribution in [2.75, 3.05) is 0 Å². The van der Waals surface area contributed by atoms with E-state index in [1.54, 1.807) is 6.20 Å². The number of esters is 1. The van der Waals surface area contributed by atoms with Gasteiger partial charge < -0.3 is 4.74 Å². The summed E-state index contributed by atoms with van der Waals surface area (Å²) < 4.78 is 5.54. The second kappa shape index (κ2) is 7.79. The quantitative estimate of drug-likeness (QED) is 0.380. The van der Waals surface area contributed by atoms with Gasteiger partial charge in [0.05, 0.1) is 6.42 Å². The van der Waals surface area contributed by atoms with Crippen LogP contribution in [0.25, 0.3) is 11.1 Å². The maximum atomic E-state index is 12.3. The number of fused-ring (bicyclic) bond motifs is 1. The Balaban J connectivity index is 1.86. The molecule has 1 aromatic carbocycles. The minimum atomic E-state index is -0.435. The largest absolute Gasteiger partial charge is 0.460 e. The highest BCUT2D eigenvalue weighted by Crippen LogP contribution is 2.36. The Bertz CT molecular complexity index is 795. The minimum Gasteiger partial charge on any atom is -0.460 e. The van der Waals surface area contributed by atoms with Crippen LogP contribution in [0.4, 0.5) is 0 Å². The van der Waals surface area contributed by atoms with Gasteiger partial charge in [-0.1, -0.05) is 36.2 Å². The van der Waals surface area contributed by atoms with E-state index in [1.165, 1.54) is 11.1 Å². The summed E-state index contributed by atoms with van der Waals surface area (Å²) >= 11 is 6.03. The average molecular weight is 372 g/mol. The Hall–Kier alpha value is -1.87. The number of rotatable bonds is 3. The van der Waals surface area contributed by atoms with Crippen LogP contribution in [0, 0.1) is 0 Å². The van der Waals surface area contributed by atoms with Gasteiger partial charge in [0, 0.05) is 6.20 Å². The Morgan fingerprint density at radius 1 is 1.19 bits per heavy atom. The third-order valence-corrected chi connectivity index (χ3v) is 4.93. The summed E-state index contributed by atoms with van der Waals surface area (Å²) in [6.07, 6.45) is 6.55. The fourth-order valence-corrected chi connectivity index (χ4v) is 3.81. The topological polar surface area (TPSA) is 39.2 Å². The summed E-state index contributed by atoms with van der Waals surface area (Å²) in [6, 6.07) is 10.4. The first kappa shape index (κ1) is 18.9. The van der Waals surface area contributed by atoms with Gasteiger partial charge in [-0.25, -0.2) is 4.98 Å². The molecule has 0 saturated heterocycles. The van der Waals surface area contributed by atoms with E-state index in [-0.39, 0.29) is 11.9 Å². The lowest BCUT2D eigenvalue weighted by Gasteiger charge is -2.23. The average Bonchev–Trinajstić information content (AvgIpc) is 2.75. The zero-order valence-electron chi connectivity index (χ0n) is 15.7. The molecule has 138 valence electrons. The van der Waals surface area contributed by atoms with Gasteiger partial charge in [-0.05, 0) is 80.3 Å². The highest BCUT2D eigenvalue weighted by molar-refractivity contribution is 6.29. The number of carbonyl (C=O) groups excluding carboxylic acids is 1. The number of ether oxygens (including phenoxy) is 1. The van der Waals surface area contributed by atoms with Crippen molar-refractivity contribution in [3.05, 3.63) is 52.8 Å². The molecule has 4 heteroatoms. The lowest BCUT2D eigenvalue weighted by atomic mass is 9.88. The number of aromatic nitrogens is 1. The second-order valence-electron chi connectivity index (χ2n) is 8.01. The lowest BCUT2D eigenvalue weighted by molar-refractivity contribution is -0.155. The van der Waals surface area contributed by atoms with Crippen LogP contribution in [-0.2, 0) is 16.0 Å². The van der Waals surface area contributed by atoms with Crippen LogP contribution in [0.15, 0.2) is 36.5 Å². The van der Waals surface area contributed by atoms with Crippen LogP contribution in [0.2, 0.25) is 5.15 Å². The first-order valence-electron chi connectivity index (χ1n) is 9.28. The summed E-state index contributed by atoms with van der Waals surface area (Å²) in [5.74, 6) is 0.123. The van der Waals surface area contributed by atoms with Crippen LogP contribution in [0.3, 0.4) is 0 Å². The molecule has 1 aromatic heterocycles. The summed E-state index contributed by atoms with van der Waals surface area (Å²) in [7, 11) is 0. The SMILES string of the molecule is CC(C)(C)OC(=O)C[C@@H]1CCCCc2cc(-c3ccnc(Cl)c3)ccc21. The van der Waals surface area contributed by atoms with Gasteiger partial charge in [-0.15, -0.1) is 0 Å². The molecule has 0 radical (unpaired) electrons. The Labute approximate surface area is 160 Å². The first-order valence-corrected chi connectivity index (χ1v) is 9.66. The summed E-state index contributed by atoms with van der Waals surface area (Å²) in [4.78, 5) is 16.4. The van der Waals surface area contributed by atoms with Crippen molar-refractivity contribution in [3.63, 3.8) is 0 Å². The monoisotopic (exact) mass is 371 g/mol. The van der Waals surface area contributed by atoms with E-state index in [0.717, 1.165) is 36.8 Å². The summed E-state index contributed by atoms with van der Waals surface area (Å²) in [6.45, 7) is 5.74. The van der Waals surface area contributed by atoms with Gasteiger partial charge in [0.1, 0.15) is 10.8 Å². The predicted octanol–water partition coefficient (Wildman–Crippen LogP) is 5.94. The zero-order chi connectivity index (χ0) is 18.7. The molecule has 0 saturated carbocycles. The van der Waals surface area contributed by atoms with Gasteiger partial charge >= 0.3 is 5.97 Å². The highest BCUT2D eigenvalue weighted by Gasteiger charge is 2.25. The number of nitrogens with zero attached hydrogens (tertiary/aromatic N) is 1. The maximum Gasteiger partial charge on any atom is 0.306 e. The smallest absolute Gasteiger partial charge is 0.306 e. The van der Waals surface area contributed by atoms with Crippen molar-refractivity contribution in [2.45, 2.75) is 64.4 Å². The van der Waals surface area contributed by atoms with Crippen LogP contribution in [0.5, 0.6) is 0 Å². The lowest BCUT2D eigenvalue weighted by Crippen LogP contribution is -2.25. The molecule has 1 atom stereocenters. The molecule has 2 aromatic rings. The third-order valence-electron chi connectivity index (χ3n) is 4.72. The number of aryl methyl sites for hydroxylation is 1. The van der Waals surface area contributed by atoms with Crippen LogP contribution >= 0.6 is 11.6 Å². The molecule has 3 rings (SSSR count). The van der Waals surface area contributed by atoms with Crippen LogP contribution in [-0.4, -0.2) is 16.6 Å². The molecule has 26 heavy (non-hydrogen) atoms. The van der Waals surface area contributed by atoms with E-state index in [2.05, 4.69) is 23.2 Å². The molecule has 1 aliphatic carbocycles. The van der Waals surface area contributed by atoms with Gasteiger partial charge in [-0.3, -0.25) is 4.79 Å². The molecule has 1 heterocycles. The molecule has 0 unspecified atom stereocenters. The molecule has 0 aliphatic heterocycles. The molecule has 1 aliphatic rings. The molecule has 0 bridgehead atoms. The van der Waals surface area contributed by atoms with Gasteiger partial charge in [0.25, 0.3) is 0 Å². The van der Waals surface area contributed by atoms with Gasteiger partial charge in [-0.2, -0.15) is 0 Å². The molecular formula is C22H26ClNO2. The standard InChI is InChI=1S/C22H26ClNO2/c1-22(2,3)26-21(25)14-18-7-5-4-6-17-12-15(8-9-19(17)18)16-10-11-24-20(23)13-16/h8-13,18H,4-7,14H2,1-3H3/t18-/m0/s1. The summed E-state index contributed by atoms with van der Waals surface area (Å²) in [5, 5.41) is 0.500. The minimum absolute atomic E-state index is 0.111. The molecule has 0 spiro atoms. The third kappa shape index (κ3) is 4.85. The number of pyridine rings is 1.